The van der Waals surface area contributed by atoms with Crippen molar-refractivity contribution in [3.63, 3.8) is 0 Å². The van der Waals surface area contributed by atoms with Gasteiger partial charge in [0.15, 0.2) is 0 Å². The van der Waals surface area contributed by atoms with Gasteiger partial charge >= 0.3 is 5.97 Å². The van der Waals surface area contributed by atoms with Gasteiger partial charge in [0.1, 0.15) is 5.82 Å². The molecule has 132 valence electrons. The van der Waals surface area contributed by atoms with Gasteiger partial charge in [-0.25, -0.2) is 9.18 Å². The van der Waals surface area contributed by atoms with Crippen LogP contribution in [0.3, 0.4) is 0 Å². The number of rotatable bonds is 3. The molecule has 1 aliphatic rings. The average Bonchev–Trinajstić information content (AvgIpc) is 2.87. The van der Waals surface area contributed by atoms with Crippen LogP contribution < -0.4 is 4.90 Å². The van der Waals surface area contributed by atoms with Crippen LogP contribution in [0.5, 0.6) is 0 Å². The smallest absolute Gasteiger partial charge is 0.340 e. The number of esters is 1. The predicted octanol–water partition coefficient (Wildman–Crippen LogP) is 4.47. The molecule has 0 spiro atoms. The number of amides is 1. The first-order chi connectivity index (χ1) is 12.4. The van der Waals surface area contributed by atoms with Crippen LogP contribution >= 0.6 is 15.9 Å². The molecule has 1 amide bonds. The van der Waals surface area contributed by atoms with Gasteiger partial charge in [0.2, 0.25) is 0 Å². The normalized spacial score (nSPS) is 15.8. The van der Waals surface area contributed by atoms with E-state index in [0.717, 1.165) is 4.47 Å². The Kier molecular flexibility index (Phi) is 5.04. The van der Waals surface area contributed by atoms with Crippen molar-refractivity contribution in [3.05, 3.63) is 81.2 Å². The number of carbonyl (C=O) groups excluding carboxylic acids is 2. The lowest BCUT2D eigenvalue weighted by Crippen LogP contribution is -2.24. The third kappa shape index (κ3) is 3.20. The van der Waals surface area contributed by atoms with Crippen molar-refractivity contribution in [2.24, 2.45) is 0 Å². The molecule has 2 aromatic rings. The molecule has 1 heterocycles. The van der Waals surface area contributed by atoms with Gasteiger partial charge < -0.3 is 4.74 Å². The summed E-state index contributed by atoms with van der Waals surface area (Å²) in [4.78, 5) is 26.7. The molecule has 2 aromatic carbocycles. The van der Waals surface area contributed by atoms with E-state index in [1.54, 1.807) is 49.4 Å². The Balaban J connectivity index is 2.15. The molecular weight excluding hydrogens is 401 g/mol. The molecule has 0 saturated carbocycles. The van der Waals surface area contributed by atoms with Gasteiger partial charge in [-0.15, -0.1) is 0 Å². The van der Waals surface area contributed by atoms with Gasteiger partial charge in [0, 0.05) is 21.4 Å². The van der Waals surface area contributed by atoms with Crippen LogP contribution in [0.15, 0.2) is 69.8 Å². The van der Waals surface area contributed by atoms with E-state index in [0.29, 0.717) is 11.4 Å². The van der Waals surface area contributed by atoms with Crippen molar-refractivity contribution in [1.29, 1.82) is 0 Å². The zero-order valence-electron chi connectivity index (χ0n) is 14.1. The summed E-state index contributed by atoms with van der Waals surface area (Å²) in [6.45, 7) is 1.66. The fraction of sp³-hybridized carbons (Fsp3) is 0.100. The standard InChI is InChI=1S/C20H15BrFNO3/c1-12-18(20(25)26-2)16(11-13-5-3-4-6-17(13)22)19(24)23(12)15-9-7-14(21)8-10-15/h3-11H,1-2H3/b16-11-. The fourth-order valence-electron chi connectivity index (χ4n) is 2.83. The lowest BCUT2D eigenvalue weighted by Gasteiger charge is -2.18. The number of allylic oxidation sites excluding steroid dienone is 1. The van der Waals surface area contributed by atoms with Gasteiger partial charge in [-0.2, -0.15) is 0 Å². The zero-order valence-corrected chi connectivity index (χ0v) is 15.7. The van der Waals surface area contributed by atoms with Crippen LogP contribution in [-0.2, 0) is 14.3 Å². The number of hydrogen-bond donors (Lipinski definition) is 0. The summed E-state index contributed by atoms with van der Waals surface area (Å²) in [6, 6.07) is 13.2. The topological polar surface area (TPSA) is 46.6 Å². The molecule has 0 atom stereocenters. The average molecular weight is 416 g/mol. The van der Waals surface area contributed by atoms with Crippen molar-refractivity contribution in [1.82, 2.24) is 0 Å². The minimum Gasteiger partial charge on any atom is -0.465 e. The highest BCUT2D eigenvalue weighted by Crippen LogP contribution is 2.36. The van der Waals surface area contributed by atoms with Crippen LogP contribution in [0.25, 0.3) is 6.08 Å². The van der Waals surface area contributed by atoms with Gasteiger partial charge in [-0.05, 0) is 43.3 Å². The molecule has 4 nitrogen and oxygen atoms in total. The van der Waals surface area contributed by atoms with Crippen LogP contribution in [0.4, 0.5) is 10.1 Å². The third-order valence-corrected chi connectivity index (χ3v) is 4.61. The molecule has 6 heteroatoms. The van der Waals surface area contributed by atoms with E-state index >= 15 is 0 Å². The van der Waals surface area contributed by atoms with E-state index in [4.69, 9.17) is 4.74 Å². The van der Waals surface area contributed by atoms with E-state index in [-0.39, 0.29) is 16.7 Å². The number of halogens is 2. The molecule has 0 aliphatic carbocycles. The first-order valence-electron chi connectivity index (χ1n) is 7.80. The van der Waals surface area contributed by atoms with Crippen LogP contribution in [0, 0.1) is 5.82 Å². The van der Waals surface area contributed by atoms with Gasteiger partial charge in [0.25, 0.3) is 5.91 Å². The first-order valence-corrected chi connectivity index (χ1v) is 8.59. The number of benzene rings is 2. The SMILES string of the molecule is COC(=O)C1=C(C)N(c2ccc(Br)cc2)C(=O)/C1=C\c1ccccc1F. The third-order valence-electron chi connectivity index (χ3n) is 4.08. The van der Waals surface area contributed by atoms with Gasteiger partial charge in [-0.1, -0.05) is 34.1 Å². The highest BCUT2D eigenvalue weighted by atomic mass is 79.9. The Morgan fingerprint density at radius 2 is 1.81 bits per heavy atom. The largest absolute Gasteiger partial charge is 0.465 e. The summed E-state index contributed by atoms with van der Waals surface area (Å²) >= 11 is 3.35. The van der Waals surface area contributed by atoms with Crippen molar-refractivity contribution in [3.8, 4) is 0 Å². The number of methoxy groups -OCH3 is 1. The number of anilines is 1. The lowest BCUT2D eigenvalue weighted by molar-refractivity contribution is -0.136. The highest BCUT2D eigenvalue weighted by Gasteiger charge is 2.38. The Hall–Kier alpha value is -2.73. The van der Waals surface area contributed by atoms with Crippen molar-refractivity contribution >= 4 is 39.6 Å². The zero-order chi connectivity index (χ0) is 18.8. The Labute approximate surface area is 158 Å². The summed E-state index contributed by atoms with van der Waals surface area (Å²) in [7, 11) is 1.25. The molecule has 0 unspecified atom stereocenters. The highest BCUT2D eigenvalue weighted by molar-refractivity contribution is 9.10. The van der Waals surface area contributed by atoms with E-state index < -0.39 is 17.7 Å². The first kappa shape index (κ1) is 18.1. The summed E-state index contributed by atoms with van der Waals surface area (Å²) in [5.74, 6) is -1.52. The second kappa shape index (κ2) is 7.25. The minimum absolute atomic E-state index is 0.0994. The van der Waals surface area contributed by atoms with E-state index in [1.807, 2.05) is 0 Å². The molecule has 0 N–H and O–H groups in total. The number of nitrogens with zero attached hydrogens (tertiary/aromatic N) is 1. The lowest BCUT2D eigenvalue weighted by atomic mass is 10.0. The van der Waals surface area contributed by atoms with E-state index in [1.165, 1.54) is 24.2 Å². The molecular formula is C20H15BrFNO3. The molecule has 26 heavy (non-hydrogen) atoms. The molecule has 3 rings (SSSR count). The molecule has 0 bridgehead atoms. The predicted molar refractivity (Wildman–Crippen MR) is 101 cm³/mol. The van der Waals surface area contributed by atoms with Gasteiger partial charge in [-0.3, -0.25) is 9.69 Å². The van der Waals surface area contributed by atoms with E-state index in [2.05, 4.69) is 15.9 Å². The Bertz CT molecular complexity index is 948. The molecule has 0 aromatic heterocycles. The van der Waals surface area contributed by atoms with Crippen molar-refractivity contribution in [2.45, 2.75) is 6.92 Å². The van der Waals surface area contributed by atoms with Crippen molar-refractivity contribution < 1.29 is 18.7 Å². The second-order valence-corrected chi connectivity index (χ2v) is 6.56. The van der Waals surface area contributed by atoms with Gasteiger partial charge in [0.05, 0.1) is 18.3 Å². The second-order valence-electron chi connectivity index (χ2n) is 5.65. The summed E-state index contributed by atoms with van der Waals surface area (Å²) in [5.41, 5.74) is 1.49. The van der Waals surface area contributed by atoms with Crippen LogP contribution in [-0.4, -0.2) is 19.0 Å². The fourth-order valence-corrected chi connectivity index (χ4v) is 3.09. The number of ether oxygens (including phenoxy) is 1. The van der Waals surface area contributed by atoms with E-state index in [9.17, 15) is 14.0 Å². The summed E-state index contributed by atoms with van der Waals surface area (Å²) < 4.78 is 19.7. The molecule has 1 aliphatic heterocycles. The van der Waals surface area contributed by atoms with Crippen LogP contribution in [0.1, 0.15) is 12.5 Å². The maximum Gasteiger partial charge on any atom is 0.340 e. The number of carbonyl (C=O) groups is 2. The number of hydrogen-bond acceptors (Lipinski definition) is 3. The van der Waals surface area contributed by atoms with Crippen LogP contribution in [0.2, 0.25) is 0 Å². The Morgan fingerprint density at radius 1 is 1.15 bits per heavy atom. The quantitative estimate of drug-likeness (QED) is 0.548. The maximum absolute atomic E-state index is 14.0. The maximum atomic E-state index is 14.0. The summed E-state index contributed by atoms with van der Waals surface area (Å²) in [6.07, 6.45) is 1.38. The summed E-state index contributed by atoms with van der Waals surface area (Å²) in [5, 5.41) is 0. The molecule has 0 fully saturated rings. The molecule has 0 radical (unpaired) electrons. The minimum atomic E-state index is -0.641. The monoisotopic (exact) mass is 415 g/mol. The molecule has 0 saturated heterocycles. The Morgan fingerprint density at radius 3 is 2.42 bits per heavy atom. The van der Waals surface area contributed by atoms with Crippen molar-refractivity contribution in [2.75, 3.05) is 12.0 Å².